The van der Waals surface area contributed by atoms with E-state index in [9.17, 15) is 4.79 Å². The van der Waals surface area contributed by atoms with E-state index in [-0.39, 0.29) is 5.91 Å². The molecule has 0 radical (unpaired) electrons. The second-order valence-corrected chi connectivity index (χ2v) is 6.01. The SMILES string of the molecule is CCCNC(C)(CCCN(CCOC)C(C)CC)C(N)=O. The average molecular weight is 301 g/mol. The van der Waals surface area contributed by atoms with Crippen LogP contribution in [0.4, 0.5) is 0 Å². The number of carbonyl (C=O) groups excluding carboxylic acids is 1. The first kappa shape index (κ1) is 20.3. The number of primary amides is 1. The molecule has 3 N–H and O–H groups in total. The van der Waals surface area contributed by atoms with E-state index < -0.39 is 5.54 Å². The number of ether oxygens (including phenoxy) is 1. The van der Waals surface area contributed by atoms with Gasteiger partial charge >= 0.3 is 0 Å². The Morgan fingerprint density at radius 2 is 2.05 bits per heavy atom. The van der Waals surface area contributed by atoms with Crippen molar-refractivity contribution in [1.82, 2.24) is 10.2 Å². The zero-order valence-corrected chi connectivity index (χ0v) is 14.6. The highest BCUT2D eigenvalue weighted by Crippen LogP contribution is 2.14. The van der Waals surface area contributed by atoms with E-state index in [0.717, 1.165) is 51.9 Å². The zero-order chi connectivity index (χ0) is 16.3. The van der Waals surface area contributed by atoms with E-state index >= 15 is 0 Å². The Bertz CT molecular complexity index is 287. The minimum Gasteiger partial charge on any atom is -0.383 e. The van der Waals surface area contributed by atoms with Crippen LogP contribution < -0.4 is 11.1 Å². The summed E-state index contributed by atoms with van der Waals surface area (Å²) in [6, 6.07) is 0.531. The molecule has 0 saturated carbocycles. The summed E-state index contributed by atoms with van der Waals surface area (Å²) >= 11 is 0. The van der Waals surface area contributed by atoms with Gasteiger partial charge in [-0.05, 0) is 52.6 Å². The van der Waals surface area contributed by atoms with Gasteiger partial charge in [0.05, 0.1) is 12.1 Å². The highest BCUT2D eigenvalue weighted by Gasteiger charge is 2.29. The summed E-state index contributed by atoms with van der Waals surface area (Å²) in [6.07, 6.45) is 3.83. The third kappa shape index (κ3) is 7.79. The molecule has 0 saturated heterocycles. The molecular weight excluding hydrogens is 266 g/mol. The fraction of sp³-hybridized carbons (Fsp3) is 0.938. The molecule has 0 rings (SSSR count). The van der Waals surface area contributed by atoms with Crippen LogP contribution in [0.5, 0.6) is 0 Å². The van der Waals surface area contributed by atoms with Gasteiger partial charge in [-0.3, -0.25) is 9.69 Å². The smallest absolute Gasteiger partial charge is 0.237 e. The summed E-state index contributed by atoms with van der Waals surface area (Å²) < 4.78 is 5.18. The van der Waals surface area contributed by atoms with Crippen LogP contribution in [0.2, 0.25) is 0 Å². The van der Waals surface area contributed by atoms with Gasteiger partial charge in [0.2, 0.25) is 5.91 Å². The van der Waals surface area contributed by atoms with Crippen molar-refractivity contribution >= 4 is 5.91 Å². The minimum atomic E-state index is -0.599. The summed E-state index contributed by atoms with van der Waals surface area (Å²) in [4.78, 5) is 14.1. The van der Waals surface area contributed by atoms with E-state index in [2.05, 4.69) is 31.0 Å². The molecule has 2 unspecified atom stereocenters. The van der Waals surface area contributed by atoms with Crippen molar-refractivity contribution < 1.29 is 9.53 Å². The Kier molecular flexibility index (Phi) is 10.6. The Labute approximate surface area is 130 Å². The summed E-state index contributed by atoms with van der Waals surface area (Å²) in [6.45, 7) is 11.9. The molecule has 0 fully saturated rings. The predicted octanol–water partition coefficient (Wildman–Crippen LogP) is 1.76. The molecule has 126 valence electrons. The lowest BCUT2D eigenvalue weighted by atomic mass is 9.94. The van der Waals surface area contributed by atoms with Crippen molar-refractivity contribution in [2.75, 3.05) is 33.4 Å². The Morgan fingerprint density at radius 3 is 2.52 bits per heavy atom. The Balaban J connectivity index is 4.39. The number of methoxy groups -OCH3 is 1. The lowest BCUT2D eigenvalue weighted by molar-refractivity contribution is -0.124. The summed E-state index contributed by atoms with van der Waals surface area (Å²) in [5.74, 6) is -0.261. The topological polar surface area (TPSA) is 67.6 Å². The van der Waals surface area contributed by atoms with Gasteiger partial charge in [0.25, 0.3) is 0 Å². The molecule has 5 heteroatoms. The first-order chi connectivity index (χ1) is 9.91. The van der Waals surface area contributed by atoms with E-state index in [0.29, 0.717) is 6.04 Å². The van der Waals surface area contributed by atoms with Crippen LogP contribution in [0.25, 0.3) is 0 Å². The van der Waals surface area contributed by atoms with Crippen LogP contribution in [-0.4, -0.2) is 55.7 Å². The number of nitrogens with two attached hydrogens (primary N) is 1. The molecule has 1 amide bonds. The fourth-order valence-electron chi connectivity index (χ4n) is 2.35. The van der Waals surface area contributed by atoms with Crippen molar-refractivity contribution in [3.63, 3.8) is 0 Å². The summed E-state index contributed by atoms with van der Waals surface area (Å²) in [7, 11) is 1.73. The minimum absolute atomic E-state index is 0.261. The number of carbonyl (C=O) groups is 1. The normalized spacial score (nSPS) is 15.9. The van der Waals surface area contributed by atoms with Gasteiger partial charge in [-0.15, -0.1) is 0 Å². The molecule has 0 heterocycles. The maximum Gasteiger partial charge on any atom is 0.237 e. The summed E-state index contributed by atoms with van der Waals surface area (Å²) in [5.41, 5.74) is 4.96. The number of rotatable bonds is 13. The van der Waals surface area contributed by atoms with Crippen molar-refractivity contribution in [2.24, 2.45) is 5.73 Å². The molecule has 0 aromatic heterocycles. The van der Waals surface area contributed by atoms with Crippen LogP contribution in [-0.2, 0) is 9.53 Å². The number of nitrogens with one attached hydrogen (secondary N) is 1. The molecule has 0 aliphatic rings. The molecule has 0 aliphatic heterocycles. The van der Waals surface area contributed by atoms with Crippen molar-refractivity contribution in [3.05, 3.63) is 0 Å². The molecule has 5 nitrogen and oxygen atoms in total. The second kappa shape index (κ2) is 11.0. The molecule has 0 aromatic rings. The van der Waals surface area contributed by atoms with Gasteiger partial charge in [0.1, 0.15) is 0 Å². The number of nitrogens with zero attached hydrogens (tertiary/aromatic N) is 1. The molecule has 0 aliphatic carbocycles. The van der Waals surface area contributed by atoms with Gasteiger partial charge in [-0.1, -0.05) is 13.8 Å². The van der Waals surface area contributed by atoms with Gasteiger partial charge in [-0.25, -0.2) is 0 Å². The monoisotopic (exact) mass is 301 g/mol. The predicted molar refractivity (Wildman–Crippen MR) is 88.3 cm³/mol. The first-order valence-electron chi connectivity index (χ1n) is 8.19. The fourth-order valence-corrected chi connectivity index (χ4v) is 2.35. The molecular formula is C16H35N3O2. The second-order valence-electron chi connectivity index (χ2n) is 6.01. The van der Waals surface area contributed by atoms with Crippen molar-refractivity contribution in [2.45, 2.75) is 65.0 Å². The number of hydrogen-bond acceptors (Lipinski definition) is 4. The highest BCUT2D eigenvalue weighted by atomic mass is 16.5. The van der Waals surface area contributed by atoms with Crippen molar-refractivity contribution in [1.29, 1.82) is 0 Å². The zero-order valence-electron chi connectivity index (χ0n) is 14.6. The summed E-state index contributed by atoms with van der Waals surface area (Å²) in [5, 5.41) is 3.29. The maximum absolute atomic E-state index is 11.7. The van der Waals surface area contributed by atoms with E-state index in [1.54, 1.807) is 7.11 Å². The van der Waals surface area contributed by atoms with E-state index in [4.69, 9.17) is 10.5 Å². The largest absolute Gasteiger partial charge is 0.383 e. The van der Waals surface area contributed by atoms with Gasteiger partial charge < -0.3 is 15.8 Å². The van der Waals surface area contributed by atoms with Crippen LogP contribution in [0.15, 0.2) is 0 Å². The molecule has 0 spiro atoms. The lowest BCUT2D eigenvalue weighted by Crippen LogP contribution is -2.53. The van der Waals surface area contributed by atoms with Gasteiger partial charge in [0, 0.05) is 19.7 Å². The van der Waals surface area contributed by atoms with Crippen LogP contribution >= 0.6 is 0 Å². The van der Waals surface area contributed by atoms with Gasteiger partial charge in [0.15, 0.2) is 0 Å². The molecule has 0 bridgehead atoms. The van der Waals surface area contributed by atoms with Crippen LogP contribution in [0, 0.1) is 0 Å². The first-order valence-corrected chi connectivity index (χ1v) is 8.19. The molecule has 2 atom stereocenters. The van der Waals surface area contributed by atoms with Crippen LogP contribution in [0.1, 0.15) is 53.4 Å². The quantitative estimate of drug-likeness (QED) is 0.544. The third-order valence-corrected chi connectivity index (χ3v) is 4.23. The van der Waals surface area contributed by atoms with E-state index in [1.807, 2.05) is 6.92 Å². The van der Waals surface area contributed by atoms with Crippen molar-refractivity contribution in [3.8, 4) is 0 Å². The number of amides is 1. The standard InChI is InChI=1S/C16H35N3O2/c1-6-10-18-16(4,15(17)20)9-8-11-19(12-13-21-5)14(3)7-2/h14,18H,6-13H2,1-5H3,(H2,17,20). The molecule has 21 heavy (non-hydrogen) atoms. The average Bonchev–Trinajstić information content (AvgIpc) is 2.47. The number of hydrogen-bond donors (Lipinski definition) is 2. The van der Waals surface area contributed by atoms with Crippen LogP contribution in [0.3, 0.4) is 0 Å². The van der Waals surface area contributed by atoms with Gasteiger partial charge in [-0.2, -0.15) is 0 Å². The maximum atomic E-state index is 11.7. The lowest BCUT2D eigenvalue weighted by Gasteiger charge is -2.31. The third-order valence-electron chi connectivity index (χ3n) is 4.23. The Morgan fingerprint density at radius 1 is 1.38 bits per heavy atom. The Hall–Kier alpha value is -0.650. The van der Waals surface area contributed by atoms with E-state index in [1.165, 1.54) is 0 Å². The molecule has 0 aromatic carbocycles. The highest BCUT2D eigenvalue weighted by molar-refractivity contribution is 5.84.